The summed E-state index contributed by atoms with van der Waals surface area (Å²) in [5.74, 6) is -1.10. The quantitative estimate of drug-likeness (QED) is 0.0598. The predicted octanol–water partition coefficient (Wildman–Crippen LogP) is 8.44. The fourth-order valence-electron chi connectivity index (χ4n) is 7.69. The summed E-state index contributed by atoms with van der Waals surface area (Å²) in [7, 11) is -7.69. The van der Waals surface area contributed by atoms with Crippen molar-refractivity contribution in [3.8, 4) is 22.6 Å². The lowest BCUT2D eigenvalue weighted by Crippen LogP contribution is -2.25. The number of ether oxygens (including phenoxy) is 1. The maximum atomic E-state index is 14.5. The van der Waals surface area contributed by atoms with Crippen molar-refractivity contribution in [3.63, 3.8) is 0 Å². The van der Waals surface area contributed by atoms with Gasteiger partial charge in [-0.3, -0.25) is 18.9 Å². The number of ketones is 2. The Morgan fingerprint density at radius 2 is 1.45 bits per heavy atom. The highest BCUT2D eigenvalue weighted by molar-refractivity contribution is 7.85. The standard InChI is InChI=1S/C43H38N2O9S2/c1-42(2,3)23-43(4,5)25-15-20-31(33(21-25)55(49)50)54-32-22-30(44-26-16-18-27(19-17-26)56(51,52)53)35-36-34(28-13-9-10-14-29(28)40(35)47)37(41(48)45-38(32)36)39(46)24-11-7-6-8-12-24/h6-22,44,55H,23H2,1-5H3,(H,45,48)(H,51,52,53). The SMILES string of the molecule is CC(C)(C)CC(C)(C)c1ccc(Oc2cc(Nc3ccc(S(=O)(=O)O)cc3)c3c4c(c(C(=O)c5ccccc5)c(=O)[nH]c24)-c2ccccc2C3=O)c([SH](=O)=O)c1. The largest absolute Gasteiger partial charge is 0.454 e. The minimum Gasteiger partial charge on any atom is -0.454 e. The maximum absolute atomic E-state index is 14.5. The first-order valence-electron chi connectivity index (χ1n) is 17.7. The minimum absolute atomic E-state index is 0.0372. The van der Waals surface area contributed by atoms with E-state index in [1.54, 1.807) is 72.8 Å². The van der Waals surface area contributed by atoms with Crippen LogP contribution in [0, 0.1) is 5.41 Å². The van der Waals surface area contributed by atoms with E-state index < -0.39 is 43.4 Å². The molecule has 0 atom stereocenters. The van der Waals surface area contributed by atoms with Gasteiger partial charge in [-0.1, -0.05) is 95.3 Å². The van der Waals surface area contributed by atoms with Gasteiger partial charge in [0.05, 0.1) is 27.2 Å². The van der Waals surface area contributed by atoms with Gasteiger partial charge in [-0.2, -0.15) is 8.42 Å². The van der Waals surface area contributed by atoms with E-state index in [0.717, 1.165) is 12.0 Å². The Balaban J connectivity index is 1.52. The van der Waals surface area contributed by atoms with Crippen LogP contribution in [0.5, 0.6) is 11.5 Å². The van der Waals surface area contributed by atoms with Crippen molar-refractivity contribution in [3.05, 3.63) is 141 Å². The number of hydrogen-bond acceptors (Lipinski definition) is 9. The molecule has 5 aromatic carbocycles. The van der Waals surface area contributed by atoms with Crippen molar-refractivity contribution >= 4 is 54.7 Å². The van der Waals surface area contributed by atoms with Gasteiger partial charge < -0.3 is 15.0 Å². The molecule has 3 N–H and O–H groups in total. The van der Waals surface area contributed by atoms with Crippen LogP contribution in [-0.4, -0.2) is 37.9 Å². The molecule has 0 bridgehead atoms. The number of benzene rings is 5. The van der Waals surface area contributed by atoms with E-state index in [4.69, 9.17) is 4.74 Å². The Kier molecular flexibility index (Phi) is 9.60. The topological polar surface area (TPSA) is 177 Å². The molecule has 1 aromatic heterocycles. The third kappa shape index (κ3) is 7.16. The Morgan fingerprint density at radius 3 is 2.07 bits per heavy atom. The minimum atomic E-state index is -4.50. The summed E-state index contributed by atoms with van der Waals surface area (Å²) in [6.45, 7) is 10.4. The third-order valence-electron chi connectivity index (χ3n) is 9.75. The molecule has 0 saturated heterocycles. The molecule has 1 heterocycles. The highest BCUT2D eigenvalue weighted by atomic mass is 32.2. The Hall–Kier alpha value is -5.89. The lowest BCUT2D eigenvalue weighted by Gasteiger charge is -2.33. The normalized spacial score (nSPS) is 12.8. The van der Waals surface area contributed by atoms with Crippen LogP contribution in [-0.2, 0) is 26.2 Å². The van der Waals surface area contributed by atoms with E-state index in [1.807, 2.05) is 13.8 Å². The fraction of sp³-hybridized carbons (Fsp3) is 0.186. The first-order valence-corrected chi connectivity index (χ1v) is 20.3. The molecule has 1 aliphatic carbocycles. The van der Waals surface area contributed by atoms with Gasteiger partial charge in [0.15, 0.2) is 28.0 Å². The van der Waals surface area contributed by atoms with E-state index in [9.17, 15) is 35.8 Å². The molecule has 11 nitrogen and oxygen atoms in total. The molecule has 13 heteroatoms. The van der Waals surface area contributed by atoms with Crippen molar-refractivity contribution in [2.24, 2.45) is 5.41 Å². The molecule has 6 aromatic rings. The van der Waals surface area contributed by atoms with Crippen molar-refractivity contribution < 1.29 is 35.7 Å². The van der Waals surface area contributed by atoms with Crippen LogP contribution in [0.25, 0.3) is 22.0 Å². The second kappa shape index (κ2) is 14.0. The van der Waals surface area contributed by atoms with E-state index in [-0.39, 0.29) is 71.1 Å². The van der Waals surface area contributed by atoms with E-state index in [2.05, 4.69) is 31.1 Å². The number of pyridine rings is 1. The number of hydrogen-bond donors (Lipinski definition) is 4. The molecule has 0 saturated carbocycles. The van der Waals surface area contributed by atoms with Crippen LogP contribution in [0.15, 0.2) is 118 Å². The Morgan fingerprint density at radius 1 is 0.804 bits per heavy atom. The van der Waals surface area contributed by atoms with Crippen LogP contribution in [0.1, 0.15) is 78.4 Å². The molecule has 0 amide bonds. The van der Waals surface area contributed by atoms with E-state index >= 15 is 0 Å². The maximum Gasteiger partial charge on any atom is 0.294 e. The number of fused-ring (bicyclic) bond motifs is 2. The van der Waals surface area contributed by atoms with Crippen molar-refractivity contribution in [1.82, 2.24) is 4.98 Å². The second-order valence-corrected chi connectivity index (χ2v) is 18.0. The van der Waals surface area contributed by atoms with Gasteiger partial charge in [0, 0.05) is 33.8 Å². The van der Waals surface area contributed by atoms with E-state index in [1.165, 1.54) is 30.3 Å². The van der Waals surface area contributed by atoms with Gasteiger partial charge in [0.2, 0.25) is 0 Å². The number of H-pyrrole nitrogens is 1. The van der Waals surface area contributed by atoms with E-state index in [0.29, 0.717) is 11.3 Å². The van der Waals surface area contributed by atoms with Gasteiger partial charge in [0.25, 0.3) is 15.7 Å². The number of aromatic nitrogens is 1. The Labute approximate surface area is 325 Å². The van der Waals surface area contributed by atoms with Gasteiger partial charge in [0.1, 0.15) is 10.6 Å². The van der Waals surface area contributed by atoms with Crippen molar-refractivity contribution in [2.75, 3.05) is 5.32 Å². The van der Waals surface area contributed by atoms with Crippen LogP contribution in [0.4, 0.5) is 11.4 Å². The number of thiol groups is 1. The van der Waals surface area contributed by atoms with Gasteiger partial charge in [-0.05, 0) is 64.8 Å². The molecule has 0 spiro atoms. The third-order valence-corrected chi connectivity index (χ3v) is 11.4. The number of carbonyl (C=O) groups excluding carboxylic acids is 2. The summed E-state index contributed by atoms with van der Waals surface area (Å²) in [6.07, 6.45) is 0.755. The molecule has 0 aliphatic heterocycles. The zero-order valence-electron chi connectivity index (χ0n) is 31.1. The van der Waals surface area contributed by atoms with Crippen molar-refractivity contribution in [2.45, 2.75) is 56.2 Å². The van der Waals surface area contributed by atoms with Gasteiger partial charge in [-0.15, -0.1) is 0 Å². The lowest BCUT2D eigenvalue weighted by molar-refractivity contribution is 0.102. The predicted molar refractivity (Wildman–Crippen MR) is 215 cm³/mol. The number of aromatic amines is 1. The highest BCUT2D eigenvalue weighted by Crippen LogP contribution is 2.48. The Bertz CT molecular complexity index is 2840. The average Bonchev–Trinajstić information content (AvgIpc) is 3.13. The molecule has 0 unspecified atom stereocenters. The zero-order chi connectivity index (χ0) is 40.3. The average molecular weight is 791 g/mol. The second-order valence-electron chi connectivity index (χ2n) is 15.6. The summed E-state index contributed by atoms with van der Waals surface area (Å²) in [6, 6.07) is 26.4. The molecule has 7 rings (SSSR count). The van der Waals surface area contributed by atoms with Crippen LogP contribution < -0.4 is 15.6 Å². The summed E-state index contributed by atoms with van der Waals surface area (Å²) in [5.41, 5.74) is 0.941. The number of anilines is 2. The summed E-state index contributed by atoms with van der Waals surface area (Å²) in [5, 5.41) is 3.33. The van der Waals surface area contributed by atoms with Crippen LogP contribution in [0.3, 0.4) is 0 Å². The molecular formula is C43H38N2O9S2. The highest BCUT2D eigenvalue weighted by Gasteiger charge is 2.35. The van der Waals surface area contributed by atoms with Crippen LogP contribution in [0.2, 0.25) is 0 Å². The number of carbonyl (C=O) groups is 2. The number of rotatable bonds is 10. The first kappa shape index (κ1) is 38.4. The zero-order valence-corrected chi connectivity index (χ0v) is 32.8. The first-order chi connectivity index (χ1) is 26.3. The summed E-state index contributed by atoms with van der Waals surface area (Å²) >= 11 is 0. The molecule has 1 aliphatic rings. The monoisotopic (exact) mass is 790 g/mol. The fourth-order valence-corrected chi connectivity index (χ4v) is 8.72. The molecule has 0 fully saturated rings. The lowest BCUT2D eigenvalue weighted by atomic mass is 9.72. The van der Waals surface area contributed by atoms with Crippen molar-refractivity contribution in [1.29, 1.82) is 0 Å². The smallest absolute Gasteiger partial charge is 0.294 e. The van der Waals surface area contributed by atoms with Gasteiger partial charge >= 0.3 is 0 Å². The molecule has 56 heavy (non-hydrogen) atoms. The molecule has 0 radical (unpaired) electrons. The molecular weight excluding hydrogens is 753 g/mol. The summed E-state index contributed by atoms with van der Waals surface area (Å²) in [4.78, 5) is 45.3. The van der Waals surface area contributed by atoms with Gasteiger partial charge in [-0.25, -0.2) is 8.42 Å². The summed E-state index contributed by atoms with van der Waals surface area (Å²) < 4.78 is 65.2. The molecule has 286 valence electrons. The number of nitrogens with one attached hydrogen (secondary N) is 2. The van der Waals surface area contributed by atoms with Crippen LogP contribution >= 0.6 is 0 Å².